The van der Waals surface area contributed by atoms with Gasteiger partial charge in [0, 0.05) is 18.9 Å². The van der Waals surface area contributed by atoms with Gasteiger partial charge in [0.05, 0.1) is 16.2 Å². The highest BCUT2D eigenvalue weighted by Crippen LogP contribution is 2.42. The van der Waals surface area contributed by atoms with E-state index >= 15 is 0 Å². The molecule has 3 heterocycles. The average Bonchev–Trinajstić information content (AvgIpc) is 3.37. The molecule has 3 aromatic rings. The Hall–Kier alpha value is -2.34. The highest BCUT2D eigenvalue weighted by Gasteiger charge is 2.37. The van der Waals surface area contributed by atoms with Crippen LogP contribution in [0.3, 0.4) is 0 Å². The lowest BCUT2D eigenvalue weighted by molar-refractivity contribution is 0.0909. The maximum Gasteiger partial charge on any atom is 0.410 e. The zero-order valence-corrected chi connectivity index (χ0v) is 18.0. The molecule has 29 heavy (non-hydrogen) atoms. The zero-order chi connectivity index (χ0) is 20.0. The van der Waals surface area contributed by atoms with Gasteiger partial charge in [-0.25, -0.2) is 9.78 Å². The lowest BCUT2D eigenvalue weighted by atomic mass is 10.1. The summed E-state index contributed by atoms with van der Waals surface area (Å²) >= 11 is 3.68. The van der Waals surface area contributed by atoms with Crippen molar-refractivity contribution in [2.24, 2.45) is 5.92 Å². The standard InChI is InChI=1S/C23H24BrN3O2/c1-15-9-21(27(11-15)23(28)29-14-16-5-3-2-4-6-16)20-13-26-12-18(17-7-8-17)10-19(24)22(26)25-20/h2-6,10,12-13,15,17,21H,7-9,11,14H2,1H3/t15-,21+/m0/s1. The summed E-state index contributed by atoms with van der Waals surface area (Å²) in [5, 5.41) is 0. The van der Waals surface area contributed by atoms with Crippen LogP contribution in [0.2, 0.25) is 0 Å². The number of aromatic nitrogens is 2. The molecule has 5 rings (SSSR count). The number of pyridine rings is 1. The van der Waals surface area contributed by atoms with Gasteiger partial charge >= 0.3 is 6.09 Å². The van der Waals surface area contributed by atoms with Crippen LogP contribution in [-0.4, -0.2) is 26.9 Å². The molecule has 2 fully saturated rings. The number of imidazole rings is 1. The van der Waals surface area contributed by atoms with Gasteiger partial charge in [-0.3, -0.25) is 4.90 Å². The van der Waals surface area contributed by atoms with Gasteiger partial charge in [-0.2, -0.15) is 0 Å². The molecule has 5 nitrogen and oxygen atoms in total. The van der Waals surface area contributed by atoms with E-state index in [-0.39, 0.29) is 12.1 Å². The monoisotopic (exact) mass is 453 g/mol. The highest BCUT2D eigenvalue weighted by molar-refractivity contribution is 9.10. The van der Waals surface area contributed by atoms with Gasteiger partial charge in [-0.15, -0.1) is 0 Å². The molecule has 1 aliphatic heterocycles. The van der Waals surface area contributed by atoms with Crippen LogP contribution >= 0.6 is 15.9 Å². The number of nitrogens with zero attached hydrogens (tertiary/aromatic N) is 3. The van der Waals surface area contributed by atoms with Gasteiger partial charge in [-0.1, -0.05) is 37.3 Å². The quantitative estimate of drug-likeness (QED) is 0.509. The Morgan fingerprint density at radius 1 is 1.24 bits per heavy atom. The Morgan fingerprint density at radius 3 is 2.79 bits per heavy atom. The SMILES string of the molecule is C[C@H]1C[C@H](c2cn3cc(C4CC4)cc(Br)c3n2)N(C(=O)OCc2ccccc2)C1. The van der Waals surface area contributed by atoms with Crippen LogP contribution in [0, 0.1) is 5.92 Å². The molecule has 2 atom stereocenters. The molecule has 6 heteroatoms. The van der Waals surface area contributed by atoms with E-state index in [1.807, 2.05) is 35.2 Å². The maximum absolute atomic E-state index is 12.8. The molecule has 1 aliphatic carbocycles. The van der Waals surface area contributed by atoms with Crippen LogP contribution < -0.4 is 0 Å². The summed E-state index contributed by atoms with van der Waals surface area (Å²) in [5.41, 5.74) is 4.18. The minimum absolute atomic E-state index is 0.0514. The number of carbonyl (C=O) groups is 1. The lowest BCUT2D eigenvalue weighted by Crippen LogP contribution is -2.31. The van der Waals surface area contributed by atoms with Gasteiger partial charge in [0.1, 0.15) is 6.61 Å². The number of hydrogen-bond acceptors (Lipinski definition) is 3. The molecular weight excluding hydrogens is 430 g/mol. The summed E-state index contributed by atoms with van der Waals surface area (Å²) in [4.78, 5) is 19.5. The van der Waals surface area contributed by atoms with Gasteiger partial charge in [-0.05, 0) is 64.2 Å². The molecule has 2 aromatic heterocycles. The van der Waals surface area contributed by atoms with Crippen molar-refractivity contribution in [3.05, 3.63) is 70.1 Å². The summed E-state index contributed by atoms with van der Waals surface area (Å²) in [5.74, 6) is 1.09. The summed E-state index contributed by atoms with van der Waals surface area (Å²) in [6, 6.07) is 11.9. The Bertz CT molecular complexity index is 1040. The number of rotatable bonds is 4. The normalized spacial score (nSPS) is 21.7. The molecule has 0 N–H and O–H groups in total. The third kappa shape index (κ3) is 3.78. The second-order valence-electron chi connectivity index (χ2n) is 8.34. The van der Waals surface area contributed by atoms with Crippen molar-refractivity contribution in [1.82, 2.24) is 14.3 Å². The van der Waals surface area contributed by atoms with Gasteiger partial charge in [0.25, 0.3) is 0 Å². The van der Waals surface area contributed by atoms with Crippen LogP contribution in [0.25, 0.3) is 5.65 Å². The summed E-state index contributed by atoms with van der Waals surface area (Å²) in [6.45, 7) is 3.16. The van der Waals surface area contributed by atoms with E-state index in [1.165, 1.54) is 18.4 Å². The summed E-state index contributed by atoms with van der Waals surface area (Å²) in [6.07, 6.45) is 7.42. The number of carbonyl (C=O) groups excluding carboxylic acids is 1. The topological polar surface area (TPSA) is 46.8 Å². The van der Waals surface area contributed by atoms with Crippen molar-refractivity contribution in [3.8, 4) is 0 Å². The first-order valence-corrected chi connectivity index (χ1v) is 11.0. The fourth-order valence-electron chi connectivity index (χ4n) is 4.23. The molecule has 0 unspecified atom stereocenters. The minimum Gasteiger partial charge on any atom is -0.445 e. The zero-order valence-electron chi connectivity index (χ0n) is 16.4. The molecule has 0 spiro atoms. The number of likely N-dealkylation sites (tertiary alicyclic amines) is 1. The van der Waals surface area contributed by atoms with Crippen molar-refractivity contribution in [2.45, 2.75) is 44.8 Å². The smallest absolute Gasteiger partial charge is 0.410 e. The van der Waals surface area contributed by atoms with E-state index in [0.29, 0.717) is 25.0 Å². The molecule has 150 valence electrons. The second kappa shape index (κ2) is 7.48. The number of benzene rings is 1. The van der Waals surface area contributed by atoms with Crippen molar-refractivity contribution in [3.63, 3.8) is 0 Å². The summed E-state index contributed by atoms with van der Waals surface area (Å²) < 4.78 is 8.72. The van der Waals surface area contributed by atoms with Crippen LogP contribution in [-0.2, 0) is 11.3 Å². The maximum atomic E-state index is 12.8. The first-order chi connectivity index (χ1) is 14.1. The number of ether oxygens (including phenoxy) is 1. The minimum atomic E-state index is -0.266. The van der Waals surface area contributed by atoms with Crippen LogP contribution in [0.1, 0.15) is 55.0 Å². The molecule has 0 radical (unpaired) electrons. The van der Waals surface area contributed by atoms with E-state index in [9.17, 15) is 4.79 Å². The van der Waals surface area contributed by atoms with E-state index < -0.39 is 0 Å². The van der Waals surface area contributed by atoms with Gasteiger partial charge in [0.15, 0.2) is 5.65 Å². The first kappa shape index (κ1) is 18.7. The van der Waals surface area contributed by atoms with E-state index in [4.69, 9.17) is 9.72 Å². The number of amides is 1. The molecule has 1 amide bonds. The van der Waals surface area contributed by atoms with Gasteiger partial charge < -0.3 is 9.14 Å². The molecule has 1 saturated heterocycles. The van der Waals surface area contributed by atoms with Crippen molar-refractivity contribution in [2.75, 3.05) is 6.54 Å². The summed E-state index contributed by atoms with van der Waals surface area (Å²) in [7, 11) is 0. The van der Waals surface area contributed by atoms with E-state index in [2.05, 4.69) is 45.7 Å². The first-order valence-electron chi connectivity index (χ1n) is 10.2. The van der Waals surface area contributed by atoms with E-state index in [1.54, 1.807) is 0 Å². The number of fused-ring (bicyclic) bond motifs is 1. The number of hydrogen-bond donors (Lipinski definition) is 0. The van der Waals surface area contributed by atoms with E-state index in [0.717, 1.165) is 27.8 Å². The van der Waals surface area contributed by atoms with Crippen molar-refractivity contribution in [1.29, 1.82) is 0 Å². The molecule has 2 aliphatic rings. The van der Waals surface area contributed by atoms with Crippen LogP contribution in [0.15, 0.2) is 53.3 Å². The number of halogens is 1. The third-order valence-corrected chi connectivity index (χ3v) is 6.47. The van der Waals surface area contributed by atoms with Crippen molar-refractivity contribution >= 4 is 27.7 Å². The Morgan fingerprint density at radius 2 is 2.03 bits per heavy atom. The molecule has 1 saturated carbocycles. The van der Waals surface area contributed by atoms with Crippen LogP contribution in [0.5, 0.6) is 0 Å². The average molecular weight is 454 g/mol. The molecule has 0 bridgehead atoms. The van der Waals surface area contributed by atoms with Gasteiger partial charge in [0.2, 0.25) is 0 Å². The highest BCUT2D eigenvalue weighted by atomic mass is 79.9. The molecule has 1 aromatic carbocycles. The second-order valence-corrected chi connectivity index (χ2v) is 9.20. The Balaban J connectivity index is 1.38. The third-order valence-electron chi connectivity index (χ3n) is 5.89. The van der Waals surface area contributed by atoms with Crippen molar-refractivity contribution < 1.29 is 9.53 Å². The molecular formula is C23H24BrN3O2. The Kier molecular flexibility index (Phi) is 4.82. The predicted molar refractivity (Wildman–Crippen MR) is 115 cm³/mol. The fraction of sp³-hybridized carbons (Fsp3) is 0.391. The van der Waals surface area contributed by atoms with Crippen LogP contribution in [0.4, 0.5) is 4.79 Å². The Labute approximate surface area is 178 Å². The lowest BCUT2D eigenvalue weighted by Gasteiger charge is -2.22. The predicted octanol–water partition coefficient (Wildman–Crippen LogP) is 5.69. The fourth-order valence-corrected chi connectivity index (χ4v) is 4.78. The largest absolute Gasteiger partial charge is 0.445 e.